The predicted molar refractivity (Wildman–Crippen MR) is 124 cm³/mol. The molecule has 5 rings (SSSR count). The molecule has 1 N–H and O–H groups in total. The van der Waals surface area contributed by atoms with E-state index in [1.54, 1.807) is 23.0 Å². The Morgan fingerprint density at radius 2 is 1.84 bits per heavy atom. The number of aromatic nitrogens is 2. The molecule has 0 bridgehead atoms. The number of benzene rings is 2. The van der Waals surface area contributed by atoms with Gasteiger partial charge in [0.05, 0.1) is 21.8 Å². The number of amides is 1. The molecule has 1 unspecified atom stereocenters. The highest BCUT2D eigenvalue weighted by Gasteiger charge is 2.36. The van der Waals surface area contributed by atoms with Crippen LogP contribution >= 0.6 is 34.8 Å². The quantitative estimate of drug-likeness (QED) is 0.518. The molecule has 8 heteroatoms. The van der Waals surface area contributed by atoms with E-state index < -0.39 is 6.04 Å². The molecule has 1 amide bonds. The third kappa shape index (κ3) is 3.51. The van der Waals surface area contributed by atoms with E-state index in [1.165, 1.54) is 11.1 Å². The van der Waals surface area contributed by atoms with Crippen LogP contribution < -0.4 is 5.32 Å². The standard InChI is InChI=1S/C23H19Cl3N4O/c1-13-20(23(31)29-9-8-14-4-2-3-5-16(14)12-29)21(15-6-7-17(24)18(25)10-15)30-22(28-13)19(26)11-27-30/h2-7,10-11,21,28H,8-9,12H2,1H3. The van der Waals surface area contributed by atoms with Crippen molar-refractivity contribution in [3.63, 3.8) is 0 Å². The molecule has 1 aromatic heterocycles. The van der Waals surface area contributed by atoms with E-state index in [1.807, 2.05) is 30.0 Å². The van der Waals surface area contributed by atoms with Gasteiger partial charge in [-0.1, -0.05) is 65.1 Å². The first-order chi connectivity index (χ1) is 14.9. The van der Waals surface area contributed by atoms with Gasteiger partial charge >= 0.3 is 0 Å². The second kappa shape index (κ2) is 7.90. The molecule has 2 aliphatic rings. The molecule has 5 nitrogen and oxygen atoms in total. The van der Waals surface area contributed by atoms with Gasteiger partial charge in [-0.25, -0.2) is 4.68 Å². The Morgan fingerprint density at radius 3 is 2.61 bits per heavy atom. The van der Waals surface area contributed by atoms with Gasteiger partial charge in [-0.2, -0.15) is 5.10 Å². The molecule has 0 fully saturated rings. The number of rotatable bonds is 2. The molecule has 1 atom stereocenters. The minimum Gasteiger partial charge on any atom is -0.342 e. The van der Waals surface area contributed by atoms with Crippen molar-refractivity contribution in [2.45, 2.75) is 25.9 Å². The number of carbonyl (C=O) groups excluding carboxylic acids is 1. The zero-order valence-corrected chi connectivity index (χ0v) is 19.0. The molecule has 0 saturated heterocycles. The molecule has 0 saturated carbocycles. The van der Waals surface area contributed by atoms with E-state index >= 15 is 0 Å². The molecule has 0 radical (unpaired) electrons. The molecule has 3 heterocycles. The van der Waals surface area contributed by atoms with E-state index in [0.29, 0.717) is 39.5 Å². The van der Waals surface area contributed by atoms with E-state index in [9.17, 15) is 4.79 Å². The largest absolute Gasteiger partial charge is 0.342 e. The van der Waals surface area contributed by atoms with Gasteiger partial charge < -0.3 is 10.2 Å². The lowest BCUT2D eigenvalue weighted by Gasteiger charge is -2.35. The molecule has 158 valence electrons. The number of fused-ring (bicyclic) bond motifs is 2. The molecular formula is C23H19Cl3N4O. The molecule has 2 aromatic carbocycles. The summed E-state index contributed by atoms with van der Waals surface area (Å²) in [6.07, 6.45) is 2.41. The van der Waals surface area contributed by atoms with Crippen molar-refractivity contribution in [3.8, 4) is 0 Å². The van der Waals surface area contributed by atoms with Crippen LogP contribution in [0.3, 0.4) is 0 Å². The highest BCUT2D eigenvalue weighted by Crippen LogP contribution is 2.41. The van der Waals surface area contributed by atoms with Crippen LogP contribution in [-0.2, 0) is 17.8 Å². The van der Waals surface area contributed by atoms with E-state index in [0.717, 1.165) is 17.7 Å². The average molecular weight is 474 g/mol. The van der Waals surface area contributed by atoms with Crippen molar-refractivity contribution in [2.75, 3.05) is 11.9 Å². The summed E-state index contributed by atoms with van der Waals surface area (Å²) in [4.78, 5) is 15.7. The topological polar surface area (TPSA) is 50.2 Å². The fourth-order valence-corrected chi connectivity index (χ4v) is 4.82. The number of anilines is 1. The van der Waals surface area contributed by atoms with Crippen LogP contribution in [-0.4, -0.2) is 27.1 Å². The maximum absolute atomic E-state index is 13.8. The summed E-state index contributed by atoms with van der Waals surface area (Å²) in [5.41, 5.74) is 4.65. The van der Waals surface area contributed by atoms with E-state index in [-0.39, 0.29) is 5.91 Å². The second-order valence-corrected chi connectivity index (χ2v) is 8.99. The lowest BCUT2D eigenvalue weighted by atomic mass is 9.93. The minimum absolute atomic E-state index is 0.0344. The van der Waals surface area contributed by atoms with Gasteiger partial charge in [0.25, 0.3) is 5.91 Å². The van der Waals surface area contributed by atoms with Crippen molar-refractivity contribution < 1.29 is 4.79 Å². The Hall–Kier alpha value is -2.47. The molecule has 31 heavy (non-hydrogen) atoms. The number of nitrogens with zero attached hydrogens (tertiary/aromatic N) is 3. The second-order valence-electron chi connectivity index (χ2n) is 7.77. The molecule has 0 spiro atoms. The van der Waals surface area contributed by atoms with Crippen LogP contribution in [0.4, 0.5) is 5.82 Å². The summed E-state index contributed by atoms with van der Waals surface area (Å²) >= 11 is 18.8. The maximum atomic E-state index is 13.8. The van der Waals surface area contributed by atoms with Crippen LogP contribution in [0, 0.1) is 0 Å². The normalized spacial score (nSPS) is 17.8. The summed E-state index contributed by atoms with van der Waals surface area (Å²) in [7, 11) is 0. The van der Waals surface area contributed by atoms with Crippen molar-refractivity contribution >= 4 is 46.5 Å². The van der Waals surface area contributed by atoms with Crippen LogP contribution in [0.5, 0.6) is 0 Å². The average Bonchev–Trinajstić information content (AvgIpc) is 3.14. The first kappa shape index (κ1) is 20.4. The number of hydrogen-bond acceptors (Lipinski definition) is 3. The van der Waals surface area contributed by atoms with Gasteiger partial charge in [0.1, 0.15) is 16.9 Å². The SMILES string of the molecule is CC1=C(C(=O)N2CCc3ccccc3C2)C(c2ccc(Cl)c(Cl)c2)n2ncc(Cl)c2N1. The van der Waals surface area contributed by atoms with Gasteiger partial charge in [0.2, 0.25) is 0 Å². The summed E-state index contributed by atoms with van der Waals surface area (Å²) in [5.74, 6) is 0.614. The van der Waals surface area contributed by atoms with Crippen LogP contribution in [0.15, 0.2) is 59.9 Å². The van der Waals surface area contributed by atoms with Gasteiger partial charge in [-0.15, -0.1) is 0 Å². The molecule has 2 aliphatic heterocycles. The van der Waals surface area contributed by atoms with Gasteiger partial charge in [0.15, 0.2) is 0 Å². The highest BCUT2D eigenvalue weighted by molar-refractivity contribution is 6.42. The molecular weight excluding hydrogens is 455 g/mol. The summed E-state index contributed by atoms with van der Waals surface area (Å²) in [5, 5.41) is 9.09. The fourth-order valence-electron chi connectivity index (χ4n) is 4.33. The Labute approximate surface area is 195 Å². The Balaban J connectivity index is 1.58. The van der Waals surface area contributed by atoms with Crippen molar-refractivity contribution in [1.82, 2.24) is 14.7 Å². The molecule has 0 aliphatic carbocycles. The number of allylic oxidation sites excluding steroid dienone is 1. The Morgan fingerprint density at radius 1 is 1.06 bits per heavy atom. The number of nitrogens with one attached hydrogen (secondary N) is 1. The predicted octanol–water partition coefficient (Wildman–Crippen LogP) is 5.72. The number of carbonyl (C=O) groups is 1. The molecule has 3 aromatic rings. The summed E-state index contributed by atoms with van der Waals surface area (Å²) in [6.45, 7) is 3.13. The van der Waals surface area contributed by atoms with Crippen molar-refractivity contribution in [3.05, 3.63) is 91.7 Å². The minimum atomic E-state index is -0.469. The number of halogens is 3. The van der Waals surface area contributed by atoms with E-state index in [4.69, 9.17) is 34.8 Å². The van der Waals surface area contributed by atoms with Crippen LogP contribution in [0.2, 0.25) is 15.1 Å². The van der Waals surface area contributed by atoms with Crippen LogP contribution in [0.25, 0.3) is 0 Å². The third-order valence-electron chi connectivity index (χ3n) is 5.89. The van der Waals surface area contributed by atoms with Gasteiger partial charge in [0, 0.05) is 18.8 Å². The Kier molecular flexibility index (Phi) is 5.21. The smallest absolute Gasteiger partial charge is 0.254 e. The van der Waals surface area contributed by atoms with Crippen molar-refractivity contribution in [2.24, 2.45) is 0 Å². The maximum Gasteiger partial charge on any atom is 0.254 e. The lowest BCUT2D eigenvalue weighted by Crippen LogP contribution is -2.41. The van der Waals surface area contributed by atoms with E-state index in [2.05, 4.69) is 22.5 Å². The monoisotopic (exact) mass is 472 g/mol. The van der Waals surface area contributed by atoms with Crippen LogP contribution in [0.1, 0.15) is 29.7 Å². The van der Waals surface area contributed by atoms with Gasteiger partial charge in [-0.05, 0) is 42.2 Å². The highest BCUT2D eigenvalue weighted by atomic mass is 35.5. The zero-order valence-electron chi connectivity index (χ0n) is 16.7. The first-order valence-corrected chi connectivity index (χ1v) is 11.1. The van der Waals surface area contributed by atoms with Gasteiger partial charge in [-0.3, -0.25) is 4.79 Å². The first-order valence-electron chi connectivity index (χ1n) is 9.96. The lowest BCUT2D eigenvalue weighted by molar-refractivity contribution is -0.128. The third-order valence-corrected chi connectivity index (χ3v) is 6.90. The number of hydrogen-bond donors (Lipinski definition) is 1. The zero-order chi connectivity index (χ0) is 21.7. The summed E-state index contributed by atoms with van der Waals surface area (Å²) < 4.78 is 1.74. The summed E-state index contributed by atoms with van der Waals surface area (Å²) in [6, 6.07) is 13.2. The van der Waals surface area contributed by atoms with Crippen molar-refractivity contribution in [1.29, 1.82) is 0 Å². The Bertz CT molecular complexity index is 1230. The fraction of sp³-hybridized carbons (Fsp3) is 0.217.